The molecule has 1 aliphatic rings. The van der Waals surface area contributed by atoms with Gasteiger partial charge in [0, 0.05) is 12.1 Å². The summed E-state index contributed by atoms with van der Waals surface area (Å²) < 4.78 is 0. The molecule has 0 bridgehead atoms. The van der Waals surface area contributed by atoms with E-state index in [4.69, 9.17) is 0 Å². The topological polar surface area (TPSA) is 49.3 Å². The Balaban J connectivity index is 1.63. The first-order valence-electron chi connectivity index (χ1n) is 9.36. The van der Waals surface area contributed by atoms with E-state index in [0.717, 1.165) is 34.4 Å². The SMILES string of the molecule is O=C(O)c1ccc(-c2ccccc2)cc1Nc1ccc(C2=CCC#CC=C2)cc1. The van der Waals surface area contributed by atoms with Gasteiger partial charge in [0.15, 0.2) is 0 Å². The number of hydrogen-bond acceptors (Lipinski definition) is 2. The summed E-state index contributed by atoms with van der Waals surface area (Å²) in [5.41, 5.74) is 5.84. The van der Waals surface area contributed by atoms with Crippen LogP contribution in [-0.4, -0.2) is 11.1 Å². The minimum Gasteiger partial charge on any atom is -0.478 e. The second-order valence-electron chi connectivity index (χ2n) is 6.65. The third kappa shape index (κ3) is 4.28. The van der Waals surface area contributed by atoms with Gasteiger partial charge in [-0.3, -0.25) is 0 Å². The van der Waals surface area contributed by atoms with Gasteiger partial charge in [0.2, 0.25) is 0 Å². The maximum atomic E-state index is 11.7. The lowest BCUT2D eigenvalue weighted by atomic mass is 10.0. The molecule has 0 saturated heterocycles. The van der Waals surface area contributed by atoms with Crippen molar-refractivity contribution in [3.63, 3.8) is 0 Å². The van der Waals surface area contributed by atoms with Gasteiger partial charge in [-0.25, -0.2) is 4.79 Å². The molecule has 4 rings (SSSR count). The van der Waals surface area contributed by atoms with Crippen molar-refractivity contribution in [3.05, 3.63) is 102 Å². The molecule has 0 aromatic heterocycles. The number of anilines is 2. The molecule has 3 heteroatoms. The number of nitrogens with one attached hydrogen (secondary N) is 1. The molecule has 0 spiro atoms. The summed E-state index contributed by atoms with van der Waals surface area (Å²) in [6, 6.07) is 23.2. The third-order valence-corrected chi connectivity index (χ3v) is 4.73. The molecule has 0 aliphatic heterocycles. The average Bonchev–Trinajstić information content (AvgIpc) is 3.04. The molecule has 0 atom stereocenters. The van der Waals surface area contributed by atoms with Gasteiger partial charge in [-0.1, -0.05) is 66.4 Å². The lowest BCUT2D eigenvalue weighted by Gasteiger charge is -2.13. The van der Waals surface area contributed by atoms with Crippen LogP contribution in [0.1, 0.15) is 22.3 Å². The normalized spacial score (nSPS) is 12.3. The van der Waals surface area contributed by atoms with Crippen molar-refractivity contribution in [3.8, 4) is 23.0 Å². The number of hydrogen-bond donors (Lipinski definition) is 2. The first-order valence-corrected chi connectivity index (χ1v) is 9.36. The molecule has 29 heavy (non-hydrogen) atoms. The molecule has 0 unspecified atom stereocenters. The van der Waals surface area contributed by atoms with Gasteiger partial charge in [0.1, 0.15) is 0 Å². The van der Waals surface area contributed by atoms with Gasteiger partial charge in [-0.2, -0.15) is 0 Å². The van der Waals surface area contributed by atoms with Gasteiger partial charge in [0.05, 0.1) is 11.3 Å². The van der Waals surface area contributed by atoms with Crippen LogP contribution in [0.3, 0.4) is 0 Å². The summed E-state index contributed by atoms with van der Waals surface area (Å²) in [6.45, 7) is 0. The molecule has 140 valence electrons. The third-order valence-electron chi connectivity index (χ3n) is 4.73. The van der Waals surface area contributed by atoms with Crippen molar-refractivity contribution >= 4 is 22.9 Å². The summed E-state index contributed by atoms with van der Waals surface area (Å²) >= 11 is 0. The van der Waals surface area contributed by atoms with E-state index < -0.39 is 5.97 Å². The van der Waals surface area contributed by atoms with Crippen molar-refractivity contribution < 1.29 is 9.90 Å². The molecule has 3 aromatic carbocycles. The molecule has 0 saturated carbocycles. The highest BCUT2D eigenvalue weighted by Gasteiger charge is 2.12. The fraction of sp³-hybridized carbons (Fsp3) is 0.0385. The Kier molecular flexibility index (Phi) is 5.27. The fourth-order valence-corrected chi connectivity index (χ4v) is 3.24. The monoisotopic (exact) mass is 377 g/mol. The molecular formula is C26H19NO2. The predicted octanol–water partition coefficient (Wildman–Crippen LogP) is 6.14. The highest BCUT2D eigenvalue weighted by molar-refractivity contribution is 5.96. The number of rotatable bonds is 5. The zero-order valence-electron chi connectivity index (χ0n) is 15.7. The molecule has 1 aliphatic carbocycles. The quantitative estimate of drug-likeness (QED) is 0.525. The minimum atomic E-state index is -0.961. The number of carboxylic acid groups (broad SMARTS) is 1. The van der Waals surface area contributed by atoms with Crippen LogP contribution in [0.15, 0.2) is 91.0 Å². The van der Waals surface area contributed by atoms with Gasteiger partial charge >= 0.3 is 5.97 Å². The Bertz CT molecular complexity index is 1160. The molecule has 0 heterocycles. The summed E-state index contributed by atoms with van der Waals surface area (Å²) in [5, 5.41) is 12.8. The van der Waals surface area contributed by atoms with E-state index in [1.807, 2.05) is 78.9 Å². The minimum absolute atomic E-state index is 0.236. The Hall–Kier alpha value is -4.03. The molecule has 3 nitrogen and oxygen atoms in total. The van der Waals surface area contributed by atoms with Gasteiger partial charge in [0.25, 0.3) is 0 Å². The lowest BCUT2D eigenvalue weighted by molar-refractivity contribution is 0.0698. The average molecular weight is 377 g/mol. The van der Waals surface area contributed by atoms with E-state index in [1.54, 1.807) is 6.07 Å². The van der Waals surface area contributed by atoms with Crippen LogP contribution in [0.5, 0.6) is 0 Å². The fourth-order valence-electron chi connectivity index (χ4n) is 3.24. The van der Waals surface area contributed by atoms with E-state index in [-0.39, 0.29) is 5.56 Å². The van der Waals surface area contributed by atoms with Crippen molar-refractivity contribution in [2.24, 2.45) is 0 Å². The summed E-state index contributed by atoms with van der Waals surface area (Å²) in [7, 11) is 0. The van der Waals surface area contributed by atoms with Crippen molar-refractivity contribution in [2.45, 2.75) is 6.42 Å². The predicted molar refractivity (Wildman–Crippen MR) is 118 cm³/mol. The highest BCUT2D eigenvalue weighted by Crippen LogP contribution is 2.29. The first kappa shape index (κ1) is 18.3. The van der Waals surface area contributed by atoms with E-state index in [0.29, 0.717) is 5.69 Å². The molecule has 0 amide bonds. The largest absolute Gasteiger partial charge is 0.478 e. The van der Waals surface area contributed by atoms with Gasteiger partial charge in [-0.15, -0.1) is 0 Å². The maximum Gasteiger partial charge on any atom is 0.337 e. The Morgan fingerprint density at radius 2 is 1.66 bits per heavy atom. The Morgan fingerprint density at radius 1 is 0.897 bits per heavy atom. The van der Waals surface area contributed by atoms with Gasteiger partial charge in [-0.05, 0) is 58.7 Å². The zero-order chi connectivity index (χ0) is 20.1. The van der Waals surface area contributed by atoms with E-state index in [9.17, 15) is 9.90 Å². The second-order valence-corrected chi connectivity index (χ2v) is 6.65. The molecule has 3 aromatic rings. The van der Waals surface area contributed by atoms with Crippen LogP contribution in [-0.2, 0) is 0 Å². The van der Waals surface area contributed by atoms with E-state index in [1.165, 1.54) is 0 Å². The maximum absolute atomic E-state index is 11.7. The molecule has 0 radical (unpaired) electrons. The van der Waals surface area contributed by atoms with Gasteiger partial charge < -0.3 is 10.4 Å². The first-order chi connectivity index (χ1) is 14.2. The van der Waals surface area contributed by atoms with Crippen LogP contribution in [0.4, 0.5) is 11.4 Å². The number of carboxylic acids is 1. The number of aromatic carboxylic acids is 1. The lowest BCUT2D eigenvalue weighted by Crippen LogP contribution is -2.03. The molecule has 0 fully saturated rings. The van der Waals surface area contributed by atoms with Crippen LogP contribution < -0.4 is 5.32 Å². The zero-order valence-corrected chi connectivity index (χ0v) is 15.7. The van der Waals surface area contributed by atoms with Crippen molar-refractivity contribution in [1.82, 2.24) is 0 Å². The smallest absolute Gasteiger partial charge is 0.337 e. The van der Waals surface area contributed by atoms with Crippen LogP contribution >= 0.6 is 0 Å². The van der Waals surface area contributed by atoms with Crippen LogP contribution in [0.2, 0.25) is 0 Å². The van der Waals surface area contributed by atoms with Crippen LogP contribution in [0, 0.1) is 11.8 Å². The molecular weight excluding hydrogens is 358 g/mol. The van der Waals surface area contributed by atoms with Crippen molar-refractivity contribution in [1.29, 1.82) is 0 Å². The summed E-state index contributed by atoms with van der Waals surface area (Å²) in [6.07, 6.45) is 6.70. The standard InChI is InChI=1S/C26H19NO2/c28-26(29)24-17-14-22(20-10-6-3-7-11-20)18-25(24)27-23-15-12-21(13-16-23)19-8-4-1-2-5-9-19/h3-4,6-18,27H,5H2,(H,28,29). The van der Waals surface area contributed by atoms with E-state index >= 15 is 0 Å². The van der Waals surface area contributed by atoms with E-state index in [2.05, 4.69) is 23.2 Å². The number of carbonyl (C=O) groups is 1. The Labute approximate surface area is 170 Å². The molecule has 2 N–H and O–H groups in total. The summed E-state index contributed by atoms with van der Waals surface area (Å²) in [4.78, 5) is 11.7. The van der Waals surface area contributed by atoms with Crippen LogP contribution in [0.25, 0.3) is 16.7 Å². The second kappa shape index (κ2) is 8.33. The van der Waals surface area contributed by atoms with Crippen molar-refractivity contribution in [2.75, 3.05) is 5.32 Å². The highest BCUT2D eigenvalue weighted by atomic mass is 16.4. The number of allylic oxidation sites excluding steroid dienone is 4. The summed E-state index contributed by atoms with van der Waals surface area (Å²) in [5.74, 6) is 5.06. The Morgan fingerprint density at radius 3 is 2.41 bits per heavy atom. The number of benzene rings is 3.